The molecule has 0 bridgehead atoms. The highest BCUT2D eigenvalue weighted by Gasteiger charge is 2.22. The van der Waals surface area contributed by atoms with Crippen LogP contribution in [0.2, 0.25) is 0 Å². The van der Waals surface area contributed by atoms with Gasteiger partial charge in [0.1, 0.15) is 16.3 Å². The van der Waals surface area contributed by atoms with Gasteiger partial charge in [-0.3, -0.25) is 24.6 Å². The highest BCUT2D eigenvalue weighted by molar-refractivity contribution is 7.86. The zero-order valence-corrected chi connectivity index (χ0v) is 17.6. The summed E-state index contributed by atoms with van der Waals surface area (Å²) in [7, 11) is -4.83. The molecule has 0 saturated carbocycles. The van der Waals surface area contributed by atoms with E-state index in [0.29, 0.717) is 17.4 Å². The second-order valence-electron chi connectivity index (χ2n) is 6.97. The quantitative estimate of drug-likeness (QED) is 0.171. The lowest BCUT2D eigenvalue weighted by molar-refractivity contribution is -0.384. The molecule has 1 heterocycles. The number of rotatable bonds is 5. The minimum Gasteiger partial charge on any atom is -0.506 e. The van der Waals surface area contributed by atoms with E-state index in [-0.39, 0.29) is 22.1 Å². The Morgan fingerprint density at radius 2 is 1.70 bits per heavy atom. The number of aromatic amines is 1. The maximum absolute atomic E-state index is 12.8. The molecule has 13 heteroatoms. The average molecular weight is 469 g/mol. The van der Waals surface area contributed by atoms with Gasteiger partial charge in [0, 0.05) is 29.0 Å². The van der Waals surface area contributed by atoms with Crippen molar-refractivity contribution in [2.24, 2.45) is 10.2 Å². The number of H-pyrrole nitrogens is 1. The number of para-hydroxylation sites is 1. The van der Waals surface area contributed by atoms with E-state index in [2.05, 4.69) is 15.3 Å². The van der Waals surface area contributed by atoms with Gasteiger partial charge >= 0.3 is 0 Å². The molecule has 0 atom stereocenters. The van der Waals surface area contributed by atoms with E-state index < -0.39 is 36.9 Å². The van der Waals surface area contributed by atoms with Gasteiger partial charge in [-0.15, -0.1) is 10.2 Å². The molecule has 0 unspecified atom stereocenters. The zero-order valence-electron chi connectivity index (χ0n) is 16.8. The molecule has 168 valence electrons. The van der Waals surface area contributed by atoms with E-state index in [0.717, 1.165) is 12.1 Å². The molecule has 4 aromatic rings. The summed E-state index contributed by atoms with van der Waals surface area (Å²) in [5.41, 5.74) is -0.317. The van der Waals surface area contributed by atoms with Crippen molar-refractivity contribution in [3.05, 3.63) is 80.8 Å². The van der Waals surface area contributed by atoms with Crippen molar-refractivity contribution >= 4 is 38.0 Å². The Balaban J connectivity index is 1.90. The lowest BCUT2D eigenvalue weighted by Gasteiger charge is -2.08. The van der Waals surface area contributed by atoms with Gasteiger partial charge in [0.05, 0.1) is 16.3 Å². The zero-order chi connectivity index (χ0) is 23.9. The Hall–Kier alpha value is -4.36. The lowest BCUT2D eigenvalue weighted by atomic mass is 10.1. The van der Waals surface area contributed by atoms with Crippen LogP contribution in [-0.4, -0.2) is 32.8 Å². The molecule has 12 nitrogen and oxygen atoms in total. The second-order valence-corrected chi connectivity index (χ2v) is 8.36. The van der Waals surface area contributed by atoms with E-state index >= 15 is 0 Å². The Morgan fingerprint density at radius 1 is 1.03 bits per heavy atom. The third-order valence-corrected chi connectivity index (χ3v) is 5.72. The van der Waals surface area contributed by atoms with Crippen molar-refractivity contribution in [2.45, 2.75) is 11.8 Å². The number of aromatic hydroxyl groups is 1. The summed E-state index contributed by atoms with van der Waals surface area (Å²) < 4.78 is 34.3. The van der Waals surface area contributed by atoms with Crippen molar-refractivity contribution in [2.75, 3.05) is 0 Å². The summed E-state index contributed by atoms with van der Waals surface area (Å²) >= 11 is 0. The first-order valence-electron chi connectivity index (χ1n) is 9.28. The van der Waals surface area contributed by atoms with Gasteiger partial charge in [-0.2, -0.15) is 8.42 Å². The SMILES string of the molecule is Cc1[nH]n(-c2ccccc2)c(=O)c1N=Nc1c(O)cc(S(=O)(=O)O)c2cc([N+](=O)[O-])ccc12. The predicted octanol–water partition coefficient (Wildman–Crippen LogP) is 3.90. The minimum absolute atomic E-state index is 0.0338. The maximum atomic E-state index is 12.8. The summed E-state index contributed by atoms with van der Waals surface area (Å²) in [5, 5.41) is 32.0. The number of azo groups is 1. The Kier molecular flexibility index (Phi) is 5.27. The van der Waals surface area contributed by atoms with E-state index in [4.69, 9.17) is 0 Å². The maximum Gasteiger partial charge on any atom is 0.299 e. The smallest absolute Gasteiger partial charge is 0.299 e. The molecule has 0 amide bonds. The van der Waals surface area contributed by atoms with Crippen LogP contribution in [0.25, 0.3) is 16.5 Å². The Morgan fingerprint density at radius 3 is 2.33 bits per heavy atom. The molecule has 0 saturated heterocycles. The number of non-ortho nitro benzene ring substituents is 1. The summed E-state index contributed by atoms with van der Waals surface area (Å²) in [5.74, 6) is -0.663. The molecule has 0 aliphatic carbocycles. The first kappa shape index (κ1) is 21.9. The average Bonchev–Trinajstić information content (AvgIpc) is 3.05. The molecule has 0 aliphatic heterocycles. The first-order valence-corrected chi connectivity index (χ1v) is 10.7. The highest BCUT2D eigenvalue weighted by Crippen LogP contribution is 2.41. The topological polar surface area (TPSA) is 180 Å². The highest BCUT2D eigenvalue weighted by atomic mass is 32.2. The largest absolute Gasteiger partial charge is 0.506 e. The molecular formula is C20H15N5O7S. The monoisotopic (exact) mass is 469 g/mol. The van der Waals surface area contributed by atoms with Crippen molar-refractivity contribution < 1.29 is 23.0 Å². The fourth-order valence-corrected chi connectivity index (χ4v) is 4.00. The fourth-order valence-electron chi connectivity index (χ4n) is 3.30. The van der Waals surface area contributed by atoms with E-state index in [1.54, 1.807) is 37.3 Å². The third kappa shape index (κ3) is 3.97. The number of hydrogen-bond donors (Lipinski definition) is 3. The van der Waals surface area contributed by atoms with Crippen LogP contribution in [0, 0.1) is 17.0 Å². The van der Waals surface area contributed by atoms with Gasteiger partial charge in [0.25, 0.3) is 21.4 Å². The van der Waals surface area contributed by atoms with Crippen LogP contribution in [0.15, 0.2) is 74.5 Å². The van der Waals surface area contributed by atoms with E-state index in [1.807, 2.05) is 0 Å². The third-order valence-electron chi connectivity index (χ3n) is 4.83. The van der Waals surface area contributed by atoms with Gasteiger partial charge < -0.3 is 5.11 Å². The predicted molar refractivity (Wildman–Crippen MR) is 117 cm³/mol. The van der Waals surface area contributed by atoms with E-state index in [1.165, 1.54) is 10.7 Å². The number of benzene rings is 3. The van der Waals surface area contributed by atoms with Crippen molar-refractivity contribution in [1.82, 2.24) is 9.78 Å². The van der Waals surface area contributed by atoms with Gasteiger partial charge in [-0.25, -0.2) is 4.68 Å². The van der Waals surface area contributed by atoms with Crippen LogP contribution >= 0.6 is 0 Å². The van der Waals surface area contributed by atoms with Crippen LogP contribution in [0.5, 0.6) is 5.75 Å². The summed E-state index contributed by atoms with van der Waals surface area (Å²) in [4.78, 5) is 22.4. The van der Waals surface area contributed by atoms with Crippen LogP contribution in [0.1, 0.15) is 5.69 Å². The first-order chi connectivity index (χ1) is 15.6. The summed E-state index contributed by atoms with van der Waals surface area (Å²) in [6.07, 6.45) is 0. The number of hydrogen-bond acceptors (Lipinski definition) is 8. The molecule has 33 heavy (non-hydrogen) atoms. The van der Waals surface area contributed by atoms with Gasteiger partial charge in [0.2, 0.25) is 0 Å². The standard InChI is InChI=1S/C20H15N5O7S/c1-11-18(20(27)24(23-11)12-5-3-2-4-6-12)21-22-19-14-8-7-13(25(28)29)9-15(14)17(10-16(19)26)33(30,31)32/h2-10,23,26H,1H3,(H,30,31,32). The molecule has 0 radical (unpaired) electrons. The summed E-state index contributed by atoms with van der Waals surface area (Å²) in [6, 6.07) is 12.6. The number of nitro benzene ring substituents is 1. The van der Waals surface area contributed by atoms with Crippen LogP contribution in [-0.2, 0) is 10.1 Å². The Bertz CT molecular complexity index is 1610. The lowest BCUT2D eigenvalue weighted by Crippen LogP contribution is -2.13. The van der Waals surface area contributed by atoms with Gasteiger partial charge in [-0.1, -0.05) is 18.2 Å². The molecule has 0 spiro atoms. The number of aromatic nitrogens is 2. The van der Waals surface area contributed by atoms with Crippen molar-refractivity contribution in [3.63, 3.8) is 0 Å². The van der Waals surface area contributed by atoms with Crippen molar-refractivity contribution in [3.8, 4) is 11.4 Å². The van der Waals surface area contributed by atoms with Gasteiger partial charge in [-0.05, 0) is 25.1 Å². The van der Waals surface area contributed by atoms with Gasteiger partial charge in [0.15, 0.2) is 5.69 Å². The molecule has 4 rings (SSSR count). The van der Waals surface area contributed by atoms with Crippen LogP contribution in [0.3, 0.4) is 0 Å². The number of nitrogens with zero attached hydrogens (tertiary/aromatic N) is 4. The fraction of sp³-hybridized carbons (Fsp3) is 0.0500. The minimum atomic E-state index is -4.83. The number of nitrogens with one attached hydrogen (secondary N) is 1. The molecule has 0 aliphatic rings. The number of fused-ring (bicyclic) bond motifs is 1. The summed E-state index contributed by atoms with van der Waals surface area (Å²) in [6.45, 7) is 1.60. The van der Waals surface area contributed by atoms with E-state index in [9.17, 15) is 33.0 Å². The Labute approximate surface area is 185 Å². The number of phenolic OH excluding ortho intramolecular Hbond substituents is 1. The molecule has 0 fully saturated rings. The number of nitro groups is 1. The molecule has 3 N–H and O–H groups in total. The molecule has 3 aromatic carbocycles. The number of phenols is 1. The number of aryl methyl sites for hydroxylation is 1. The van der Waals surface area contributed by atoms with Crippen molar-refractivity contribution in [1.29, 1.82) is 0 Å². The molecular weight excluding hydrogens is 454 g/mol. The van der Waals surface area contributed by atoms with Crippen LogP contribution < -0.4 is 5.56 Å². The normalized spacial score (nSPS) is 11.9. The molecule has 1 aromatic heterocycles. The second kappa shape index (κ2) is 7.96. The van der Waals surface area contributed by atoms with Crippen LogP contribution in [0.4, 0.5) is 17.1 Å².